The van der Waals surface area contributed by atoms with E-state index in [0.29, 0.717) is 25.3 Å². The molecule has 6 nitrogen and oxygen atoms in total. The smallest absolute Gasteiger partial charge is 0.251 e. The standard InChI is InChI=1S/C13H18N2O4S/c1-10-9-15(7-8-19-10)20(17,18)12-5-3-11(4-6-12)13(16)14-2/h3-6,10H,7-9H2,1-2H3,(H,14,16)/t10-/m1/s1. The van der Waals surface area contributed by atoms with Gasteiger partial charge in [0.2, 0.25) is 10.0 Å². The Morgan fingerprint density at radius 3 is 2.55 bits per heavy atom. The normalized spacial score (nSPS) is 20.6. The van der Waals surface area contributed by atoms with Gasteiger partial charge in [-0.25, -0.2) is 8.42 Å². The van der Waals surface area contributed by atoms with E-state index in [9.17, 15) is 13.2 Å². The number of rotatable bonds is 3. The van der Waals surface area contributed by atoms with Crippen LogP contribution in [-0.2, 0) is 14.8 Å². The molecule has 1 fully saturated rings. The quantitative estimate of drug-likeness (QED) is 0.879. The van der Waals surface area contributed by atoms with Crippen LogP contribution in [0.2, 0.25) is 0 Å². The zero-order chi connectivity index (χ0) is 14.8. The maximum Gasteiger partial charge on any atom is 0.251 e. The van der Waals surface area contributed by atoms with Gasteiger partial charge in [-0.15, -0.1) is 0 Å². The minimum Gasteiger partial charge on any atom is -0.376 e. The molecule has 1 amide bonds. The molecule has 1 N–H and O–H groups in total. The highest BCUT2D eigenvalue weighted by Gasteiger charge is 2.29. The third-order valence-corrected chi connectivity index (χ3v) is 5.06. The van der Waals surface area contributed by atoms with E-state index in [1.165, 1.54) is 35.6 Å². The second kappa shape index (κ2) is 5.90. The van der Waals surface area contributed by atoms with Crippen LogP contribution >= 0.6 is 0 Å². The van der Waals surface area contributed by atoms with Crippen LogP contribution < -0.4 is 5.32 Å². The van der Waals surface area contributed by atoms with Crippen molar-refractivity contribution in [2.45, 2.75) is 17.9 Å². The van der Waals surface area contributed by atoms with E-state index in [1.54, 1.807) is 0 Å². The van der Waals surface area contributed by atoms with Crippen LogP contribution in [0.25, 0.3) is 0 Å². The summed E-state index contributed by atoms with van der Waals surface area (Å²) in [6, 6.07) is 5.94. The molecule has 0 spiro atoms. The predicted octanol–water partition coefficient (Wildman–Crippen LogP) is 0.456. The molecule has 20 heavy (non-hydrogen) atoms. The van der Waals surface area contributed by atoms with Crippen molar-refractivity contribution in [2.24, 2.45) is 0 Å². The number of morpholine rings is 1. The molecule has 1 aliphatic heterocycles. The summed E-state index contributed by atoms with van der Waals surface area (Å²) in [5, 5.41) is 2.49. The van der Waals surface area contributed by atoms with E-state index in [0.717, 1.165) is 0 Å². The first-order valence-corrected chi connectivity index (χ1v) is 7.83. The van der Waals surface area contributed by atoms with Gasteiger partial charge in [-0.1, -0.05) is 0 Å². The fourth-order valence-corrected chi connectivity index (χ4v) is 3.58. The number of nitrogens with one attached hydrogen (secondary N) is 1. The number of carbonyl (C=O) groups is 1. The summed E-state index contributed by atoms with van der Waals surface area (Å²) < 4.78 is 31.7. The molecule has 110 valence electrons. The van der Waals surface area contributed by atoms with Crippen molar-refractivity contribution < 1.29 is 17.9 Å². The Kier molecular flexibility index (Phi) is 4.42. The lowest BCUT2D eigenvalue weighted by Gasteiger charge is -2.30. The molecule has 1 aromatic rings. The van der Waals surface area contributed by atoms with Gasteiger partial charge in [-0.3, -0.25) is 4.79 Å². The maximum absolute atomic E-state index is 12.5. The van der Waals surface area contributed by atoms with Crippen LogP contribution in [-0.4, -0.2) is 51.5 Å². The summed E-state index contributed by atoms with van der Waals surface area (Å²) in [7, 11) is -1.99. The van der Waals surface area contributed by atoms with Crippen molar-refractivity contribution >= 4 is 15.9 Å². The molecule has 0 aromatic heterocycles. The van der Waals surface area contributed by atoms with Crippen molar-refractivity contribution in [3.63, 3.8) is 0 Å². The predicted molar refractivity (Wildman–Crippen MR) is 74.0 cm³/mol. The maximum atomic E-state index is 12.5. The van der Waals surface area contributed by atoms with E-state index in [-0.39, 0.29) is 16.9 Å². The van der Waals surface area contributed by atoms with Gasteiger partial charge in [0.15, 0.2) is 0 Å². The fourth-order valence-electron chi connectivity index (χ4n) is 2.08. The van der Waals surface area contributed by atoms with E-state index in [4.69, 9.17) is 4.74 Å². The van der Waals surface area contributed by atoms with Crippen molar-refractivity contribution in [2.75, 3.05) is 26.7 Å². The van der Waals surface area contributed by atoms with Gasteiger partial charge in [0.25, 0.3) is 5.91 Å². The van der Waals surface area contributed by atoms with Crippen LogP contribution in [0.1, 0.15) is 17.3 Å². The molecule has 2 rings (SSSR count). The number of hydrogen-bond donors (Lipinski definition) is 1. The number of hydrogen-bond acceptors (Lipinski definition) is 4. The lowest BCUT2D eigenvalue weighted by atomic mass is 10.2. The monoisotopic (exact) mass is 298 g/mol. The van der Waals surface area contributed by atoms with E-state index < -0.39 is 10.0 Å². The number of sulfonamides is 1. The third kappa shape index (κ3) is 3.00. The highest BCUT2D eigenvalue weighted by molar-refractivity contribution is 7.89. The van der Waals surface area contributed by atoms with Crippen molar-refractivity contribution in [3.8, 4) is 0 Å². The molecular formula is C13H18N2O4S. The Balaban J connectivity index is 2.23. The highest BCUT2D eigenvalue weighted by Crippen LogP contribution is 2.19. The van der Waals surface area contributed by atoms with Crippen molar-refractivity contribution in [3.05, 3.63) is 29.8 Å². The Labute approximate surface area is 118 Å². The number of amides is 1. The Bertz CT molecular complexity index is 583. The number of benzene rings is 1. The topological polar surface area (TPSA) is 75.7 Å². The minimum absolute atomic E-state index is 0.108. The first-order valence-electron chi connectivity index (χ1n) is 6.39. The zero-order valence-corrected chi connectivity index (χ0v) is 12.3. The first kappa shape index (κ1) is 15.0. The summed E-state index contributed by atoms with van der Waals surface area (Å²) in [5.41, 5.74) is 0.432. The molecular weight excluding hydrogens is 280 g/mol. The molecule has 1 aromatic carbocycles. The Morgan fingerprint density at radius 1 is 1.35 bits per heavy atom. The second-order valence-electron chi connectivity index (χ2n) is 4.65. The summed E-state index contributed by atoms with van der Waals surface area (Å²) in [5.74, 6) is -0.242. The molecule has 0 aliphatic carbocycles. The van der Waals surface area contributed by atoms with Crippen LogP contribution in [0.4, 0.5) is 0 Å². The summed E-state index contributed by atoms with van der Waals surface area (Å²) >= 11 is 0. The lowest BCUT2D eigenvalue weighted by Crippen LogP contribution is -2.44. The molecule has 0 bridgehead atoms. The third-order valence-electron chi connectivity index (χ3n) is 3.19. The number of ether oxygens (including phenoxy) is 1. The van der Waals surface area contributed by atoms with Gasteiger partial charge in [-0.05, 0) is 31.2 Å². The molecule has 0 saturated carbocycles. The van der Waals surface area contributed by atoms with Crippen LogP contribution in [0.3, 0.4) is 0 Å². The van der Waals surface area contributed by atoms with E-state index in [2.05, 4.69) is 5.32 Å². The molecule has 0 radical (unpaired) electrons. The molecule has 7 heteroatoms. The average Bonchev–Trinajstić information content (AvgIpc) is 2.46. The molecule has 1 saturated heterocycles. The fraction of sp³-hybridized carbons (Fsp3) is 0.462. The van der Waals surface area contributed by atoms with Gasteiger partial charge < -0.3 is 10.1 Å². The largest absolute Gasteiger partial charge is 0.376 e. The highest BCUT2D eigenvalue weighted by atomic mass is 32.2. The zero-order valence-electron chi connectivity index (χ0n) is 11.5. The minimum atomic E-state index is -3.52. The van der Waals surface area contributed by atoms with Crippen molar-refractivity contribution in [1.82, 2.24) is 9.62 Å². The summed E-state index contributed by atoms with van der Waals surface area (Å²) in [4.78, 5) is 11.6. The van der Waals surface area contributed by atoms with Gasteiger partial charge >= 0.3 is 0 Å². The average molecular weight is 298 g/mol. The molecule has 1 atom stereocenters. The first-order chi connectivity index (χ1) is 9.45. The van der Waals surface area contributed by atoms with Gasteiger partial charge in [0.1, 0.15) is 0 Å². The van der Waals surface area contributed by atoms with Gasteiger partial charge in [-0.2, -0.15) is 4.31 Å². The summed E-state index contributed by atoms with van der Waals surface area (Å²) in [6.45, 7) is 2.94. The Morgan fingerprint density at radius 2 is 2.00 bits per heavy atom. The van der Waals surface area contributed by atoms with Crippen LogP contribution in [0, 0.1) is 0 Å². The number of nitrogens with zero attached hydrogens (tertiary/aromatic N) is 1. The summed E-state index contributed by atoms with van der Waals surface area (Å²) in [6.07, 6.45) is -0.108. The van der Waals surface area contributed by atoms with Crippen LogP contribution in [0.5, 0.6) is 0 Å². The second-order valence-corrected chi connectivity index (χ2v) is 6.59. The van der Waals surface area contributed by atoms with E-state index >= 15 is 0 Å². The van der Waals surface area contributed by atoms with Gasteiger partial charge in [0, 0.05) is 25.7 Å². The Hall–Kier alpha value is -1.44. The van der Waals surface area contributed by atoms with Gasteiger partial charge in [0.05, 0.1) is 17.6 Å². The molecule has 1 aliphatic rings. The van der Waals surface area contributed by atoms with E-state index in [1.807, 2.05) is 6.92 Å². The number of carbonyl (C=O) groups excluding carboxylic acids is 1. The lowest BCUT2D eigenvalue weighted by molar-refractivity contribution is 0.0102. The van der Waals surface area contributed by atoms with Crippen molar-refractivity contribution in [1.29, 1.82) is 0 Å². The molecule has 0 unspecified atom stereocenters. The van der Waals surface area contributed by atoms with Crippen LogP contribution in [0.15, 0.2) is 29.2 Å². The SMILES string of the molecule is CNC(=O)c1ccc(S(=O)(=O)N2CCO[C@H](C)C2)cc1. The molecule has 1 heterocycles.